The van der Waals surface area contributed by atoms with Crippen LogP contribution in [0.3, 0.4) is 0 Å². The first kappa shape index (κ1) is 8.98. The fraction of sp³-hybridized carbons (Fsp3) is 0.900. The van der Waals surface area contributed by atoms with E-state index in [0.29, 0.717) is 12.5 Å². The first-order valence-corrected chi connectivity index (χ1v) is 5.02. The number of nitrogens with zero attached hydrogens (tertiary/aromatic N) is 1. The number of hydrogen-bond acceptors (Lipinski definition) is 3. The van der Waals surface area contributed by atoms with Gasteiger partial charge in [0, 0.05) is 6.61 Å². The van der Waals surface area contributed by atoms with E-state index in [0.717, 1.165) is 25.4 Å². The van der Waals surface area contributed by atoms with Gasteiger partial charge in [-0.05, 0) is 37.5 Å². The molecule has 2 fully saturated rings. The van der Waals surface area contributed by atoms with Crippen LogP contribution < -0.4 is 5.73 Å². The van der Waals surface area contributed by atoms with Crippen LogP contribution in [0.15, 0.2) is 0 Å². The fourth-order valence-corrected chi connectivity index (χ4v) is 1.52. The molecule has 0 aromatic carbocycles. The molecule has 0 heterocycles. The molecule has 1 unspecified atom stereocenters. The summed E-state index contributed by atoms with van der Waals surface area (Å²) in [6.07, 6.45) is 4.76. The summed E-state index contributed by atoms with van der Waals surface area (Å²) < 4.78 is 5.47. The van der Waals surface area contributed by atoms with Crippen LogP contribution in [0.4, 0.5) is 0 Å². The maximum Gasteiger partial charge on any atom is 0.130 e. The molecule has 3 nitrogen and oxygen atoms in total. The SMILES string of the molecule is N#CC(N)(COCC1CC1)C1CC1. The minimum Gasteiger partial charge on any atom is -0.378 e. The molecule has 0 spiro atoms. The molecule has 0 radical (unpaired) electrons. The van der Waals surface area contributed by atoms with Crippen LogP contribution in [0.5, 0.6) is 0 Å². The van der Waals surface area contributed by atoms with Crippen LogP contribution in [0.25, 0.3) is 0 Å². The second-order valence-electron chi connectivity index (χ2n) is 4.38. The third-order valence-corrected chi connectivity index (χ3v) is 2.91. The molecule has 2 rings (SSSR count). The fourth-order valence-electron chi connectivity index (χ4n) is 1.52. The molecule has 0 aromatic rings. The Balaban J connectivity index is 1.72. The molecule has 0 aromatic heterocycles. The number of nitriles is 1. The molecule has 0 bridgehead atoms. The largest absolute Gasteiger partial charge is 0.378 e. The summed E-state index contributed by atoms with van der Waals surface area (Å²) >= 11 is 0. The maximum absolute atomic E-state index is 8.92. The second kappa shape index (κ2) is 3.28. The molecule has 3 heteroatoms. The highest BCUT2D eigenvalue weighted by Gasteiger charge is 2.43. The Hall–Kier alpha value is -0.590. The molecule has 72 valence electrons. The highest BCUT2D eigenvalue weighted by molar-refractivity contribution is 5.13. The number of hydrogen-bond donors (Lipinski definition) is 1. The average molecular weight is 180 g/mol. The molecule has 1 atom stereocenters. The smallest absolute Gasteiger partial charge is 0.130 e. The summed E-state index contributed by atoms with van der Waals surface area (Å²) in [5.74, 6) is 1.14. The normalized spacial score (nSPS) is 26.5. The Morgan fingerprint density at radius 3 is 2.54 bits per heavy atom. The summed E-state index contributed by atoms with van der Waals surface area (Å²) in [4.78, 5) is 0. The Morgan fingerprint density at radius 2 is 2.08 bits per heavy atom. The van der Waals surface area contributed by atoms with E-state index in [9.17, 15) is 0 Å². The summed E-state index contributed by atoms with van der Waals surface area (Å²) in [5, 5.41) is 8.92. The van der Waals surface area contributed by atoms with Gasteiger partial charge in [-0.25, -0.2) is 0 Å². The zero-order chi connectivity index (χ0) is 9.31. The van der Waals surface area contributed by atoms with Crippen molar-refractivity contribution in [2.45, 2.75) is 31.2 Å². The highest BCUT2D eigenvalue weighted by atomic mass is 16.5. The lowest BCUT2D eigenvalue weighted by atomic mass is 9.98. The van der Waals surface area contributed by atoms with E-state index < -0.39 is 5.54 Å². The van der Waals surface area contributed by atoms with Crippen molar-refractivity contribution in [2.24, 2.45) is 17.6 Å². The van der Waals surface area contributed by atoms with E-state index in [1.165, 1.54) is 12.8 Å². The van der Waals surface area contributed by atoms with E-state index in [2.05, 4.69) is 6.07 Å². The lowest BCUT2D eigenvalue weighted by molar-refractivity contribution is 0.0878. The summed E-state index contributed by atoms with van der Waals surface area (Å²) in [5.41, 5.74) is 5.22. The first-order chi connectivity index (χ1) is 6.24. The summed E-state index contributed by atoms with van der Waals surface area (Å²) in [7, 11) is 0. The predicted octanol–water partition coefficient (Wildman–Crippen LogP) is 1.04. The van der Waals surface area contributed by atoms with Crippen molar-refractivity contribution < 1.29 is 4.74 Å². The van der Waals surface area contributed by atoms with Gasteiger partial charge in [0.15, 0.2) is 0 Å². The third-order valence-electron chi connectivity index (χ3n) is 2.91. The van der Waals surface area contributed by atoms with Gasteiger partial charge < -0.3 is 10.5 Å². The van der Waals surface area contributed by atoms with Gasteiger partial charge >= 0.3 is 0 Å². The molecule has 0 aliphatic heterocycles. The van der Waals surface area contributed by atoms with Crippen LogP contribution in [-0.4, -0.2) is 18.8 Å². The van der Waals surface area contributed by atoms with Crippen molar-refractivity contribution in [3.8, 4) is 6.07 Å². The van der Waals surface area contributed by atoms with Crippen LogP contribution in [0.1, 0.15) is 25.7 Å². The van der Waals surface area contributed by atoms with Gasteiger partial charge in [-0.15, -0.1) is 0 Å². The van der Waals surface area contributed by atoms with Gasteiger partial charge in [0.05, 0.1) is 12.7 Å². The van der Waals surface area contributed by atoms with Crippen molar-refractivity contribution in [2.75, 3.05) is 13.2 Å². The Morgan fingerprint density at radius 1 is 1.38 bits per heavy atom. The minimum absolute atomic E-state index is 0.386. The van der Waals surface area contributed by atoms with Crippen LogP contribution in [0.2, 0.25) is 0 Å². The third kappa shape index (κ3) is 2.20. The molecule has 2 aliphatic rings. The second-order valence-corrected chi connectivity index (χ2v) is 4.38. The maximum atomic E-state index is 8.92. The number of rotatable bonds is 5. The van der Waals surface area contributed by atoms with Crippen molar-refractivity contribution in [1.29, 1.82) is 5.26 Å². The average Bonchev–Trinajstić information content (AvgIpc) is 2.96. The quantitative estimate of drug-likeness (QED) is 0.687. The van der Waals surface area contributed by atoms with E-state index >= 15 is 0 Å². The van der Waals surface area contributed by atoms with Crippen molar-refractivity contribution in [3.63, 3.8) is 0 Å². The summed E-state index contributed by atoms with van der Waals surface area (Å²) in [6, 6.07) is 2.19. The van der Waals surface area contributed by atoms with Crippen molar-refractivity contribution in [1.82, 2.24) is 0 Å². The van der Waals surface area contributed by atoms with Gasteiger partial charge in [-0.2, -0.15) is 5.26 Å². The van der Waals surface area contributed by atoms with E-state index in [4.69, 9.17) is 15.7 Å². The molecule has 0 saturated heterocycles. The topological polar surface area (TPSA) is 59.0 Å². The zero-order valence-corrected chi connectivity index (χ0v) is 7.83. The zero-order valence-electron chi connectivity index (χ0n) is 7.83. The lowest BCUT2D eigenvalue weighted by Gasteiger charge is -2.20. The standard InChI is InChI=1S/C10H16N2O/c11-6-10(12,9-3-4-9)7-13-5-8-1-2-8/h8-9H,1-5,7,12H2. The van der Waals surface area contributed by atoms with Crippen LogP contribution >= 0.6 is 0 Å². The van der Waals surface area contributed by atoms with E-state index in [1.807, 2.05) is 0 Å². The molecule has 13 heavy (non-hydrogen) atoms. The monoisotopic (exact) mass is 180 g/mol. The van der Waals surface area contributed by atoms with Gasteiger partial charge in [0.1, 0.15) is 5.54 Å². The first-order valence-electron chi connectivity index (χ1n) is 5.02. The number of ether oxygens (including phenoxy) is 1. The Bertz CT molecular complexity index is 228. The van der Waals surface area contributed by atoms with E-state index in [-0.39, 0.29) is 0 Å². The highest BCUT2D eigenvalue weighted by Crippen LogP contribution is 2.38. The van der Waals surface area contributed by atoms with Crippen molar-refractivity contribution in [3.05, 3.63) is 0 Å². The van der Waals surface area contributed by atoms with Crippen LogP contribution in [-0.2, 0) is 4.74 Å². The van der Waals surface area contributed by atoms with Crippen LogP contribution in [0, 0.1) is 23.2 Å². The van der Waals surface area contributed by atoms with Gasteiger partial charge in [0.25, 0.3) is 0 Å². The summed E-state index contributed by atoms with van der Waals surface area (Å²) in [6.45, 7) is 1.22. The predicted molar refractivity (Wildman–Crippen MR) is 48.8 cm³/mol. The minimum atomic E-state index is -0.700. The van der Waals surface area contributed by atoms with Gasteiger partial charge in [0.2, 0.25) is 0 Å². The lowest BCUT2D eigenvalue weighted by Crippen LogP contribution is -2.45. The Labute approximate surface area is 78.9 Å². The van der Waals surface area contributed by atoms with Gasteiger partial charge in [-0.1, -0.05) is 0 Å². The van der Waals surface area contributed by atoms with Crippen molar-refractivity contribution >= 4 is 0 Å². The molecule has 2 aliphatic carbocycles. The van der Waals surface area contributed by atoms with E-state index in [1.54, 1.807) is 0 Å². The number of nitrogens with two attached hydrogens (primary N) is 1. The molecule has 0 amide bonds. The molecule has 2 saturated carbocycles. The van der Waals surface area contributed by atoms with Gasteiger partial charge in [-0.3, -0.25) is 0 Å². The molecule has 2 N–H and O–H groups in total. The Kier molecular flexibility index (Phi) is 2.27. The molecular formula is C10H16N2O. The molecular weight excluding hydrogens is 164 g/mol.